The van der Waals surface area contributed by atoms with Crippen molar-refractivity contribution >= 4 is 17.6 Å². The number of hydrogen-bond donors (Lipinski definition) is 3. The van der Waals surface area contributed by atoms with Gasteiger partial charge in [-0.15, -0.1) is 0 Å². The fraction of sp³-hybridized carbons (Fsp3) is 0. The summed E-state index contributed by atoms with van der Waals surface area (Å²) in [6, 6.07) is 0. The Morgan fingerprint density at radius 1 is 1.33 bits per heavy atom. The molecule has 0 unspecified atom stereocenters. The first kappa shape index (κ1) is 9.59. The summed E-state index contributed by atoms with van der Waals surface area (Å²) in [5.74, 6) is -0.120. The Balaban J connectivity index is 2.32. The molecule has 2 heterocycles. The lowest BCUT2D eigenvalue weighted by Gasteiger charge is -2.02. The second-order valence-corrected chi connectivity index (χ2v) is 3.49. The summed E-state index contributed by atoms with van der Waals surface area (Å²) in [4.78, 5) is 12.0. The number of H-pyrrole nitrogens is 1. The van der Waals surface area contributed by atoms with Crippen molar-refractivity contribution in [3.63, 3.8) is 0 Å². The van der Waals surface area contributed by atoms with Crippen molar-refractivity contribution in [2.45, 2.75) is 10.2 Å². The van der Waals surface area contributed by atoms with Gasteiger partial charge < -0.3 is 5.73 Å². The van der Waals surface area contributed by atoms with Crippen LogP contribution in [0.5, 0.6) is 0 Å². The van der Waals surface area contributed by atoms with Gasteiger partial charge >= 0.3 is 0 Å². The largest absolute Gasteiger partial charge is 0.382 e. The molecule has 0 aliphatic carbocycles. The highest BCUT2D eigenvalue weighted by Crippen LogP contribution is 2.23. The van der Waals surface area contributed by atoms with Gasteiger partial charge in [0.15, 0.2) is 5.16 Å². The molecule has 7 nitrogen and oxygen atoms in total. The average Bonchev–Trinajstić information content (AvgIpc) is 2.71. The van der Waals surface area contributed by atoms with Crippen molar-refractivity contribution in [1.82, 2.24) is 25.1 Å². The van der Waals surface area contributed by atoms with Crippen molar-refractivity contribution in [2.24, 2.45) is 5.73 Å². The smallest absolute Gasteiger partial charge is 0.189 e. The monoisotopic (exact) mass is 221 g/mol. The number of nitrogens with zero attached hydrogens (tertiary/aromatic N) is 4. The fourth-order valence-corrected chi connectivity index (χ4v) is 1.67. The van der Waals surface area contributed by atoms with Crippen LogP contribution in [-0.2, 0) is 0 Å². The minimum atomic E-state index is -0.120. The molecule has 2 aromatic heterocycles. The number of aromatic nitrogens is 5. The van der Waals surface area contributed by atoms with Crippen LogP contribution in [0.25, 0.3) is 0 Å². The summed E-state index contributed by atoms with van der Waals surface area (Å²) in [7, 11) is 0. The predicted octanol–water partition coefficient (Wildman–Crippen LogP) is 0.0300. The maximum atomic E-state index is 7.32. The standard InChI is InChI=1S/C7H7N7S/c8-5(9)4-6(11-2-1-10-4)15-7-12-3-13-14-7/h1-3H,(H3,8,9)(H,12,13,14). The molecule has 0 fully saturated rings. The maximum Gasteiger partial charge on any atom is 0.189 e. The molecule has 15 heavy (non-hydrogen) atoms. The summed E-state index contributed by atoms with van der Waals surface area (Å²) in [6.45, 7) is 0. The van der Waals surface area contributed by atoms with E-state index < -0.39 is 0 Å². The highest BCUT2D eigenvalue weighted by Gasteiger charge is 2.10. The normalized spacial score (nSPS) is 10.1. The Labute approximate surface area is 89.1 Å². The van der Waals surface area contributed by atoms with Gasteiger partial charge in [0.25, 0.3) is 0 Å². The summed E-state index contributed by atoms with van der Waals surface area (Å²) in [5, 5.41) is 14.8. The molecule has 4 N–H and O–H groups in total. The van der Waals surface area contributed by atoms with Gasteiger partial charge in [-0.3, -0.25) is 10.5 Å². The molecule has 0 saturated heterocycles. The Bertz CT molecular complexity index is 466. The van der Waals surface area contributed by atoms with E-state index in [1.807, 2.05) is 0 Å². The van der Waals surface area contributed by atoms with Gasteiger partial charge in [-0.1, -0.05) is 0 Å². The zero-order chi connectivity index (χ0) is 10.7. The van der Waals surface area contributed by atoms with Crippen molar-refractivity contribution < 1.29 is 0 Å². The highest BCUT2D eigenvalue weighted by atomic mass is 32.2. The number of amidine groups is 1. The summed E-state index contributed by atoms with van der Waals surface area (Å²) >= 11 is 1.23. The minimum Gasteiger partial charge on any atom is -0.382 e. The number of nitrogen functional groups attached to an aromatic ring is 1. The van der Waals surface area contributed by atoms with Crippen LogP contribution in [0.15, 0.2) is 28.9 Å². The predicted molar refractivity (Wildman–Crippen MR) is 53.6 cm³/mol. The van der Waals surface area contributed by atoms with Gasteiger partial charge in [0.05, 0.1) is 0 Å². The number of aromatic amines is 1. The summed E-state index contributed by atoms with van der Waals surface area (Å²) < 4.78 is 0. The number of rotatable bonds is 3. The first-order valence-corrected chi connectivity index (χ1v) is 4.77. The molecule has 0 spiro atoms. The first-order chi connectivity index (χ1) is 7.27. The van der Waals surface area contributed by atoms with Crippen LogP contribution < -0.4 is 5.73 Å². The molecule has 0 radical (unpaired) electrons. The van der Waals surface area contributed by atoms with E-state index in [4.69, 9.17) is 11.1 Å². The zero-order valence-corrected chi connectivity index (χ0v) is 8.32. The van der Waals surface area contributed by atoms with Crippen molar-refractivity contribution in [2.75, 3.05) is 0 Å². The summed E-state index contributed by atoms with van der Waals surface area (Å²) in [5.41, 5.74) is 5.71. The molecular formula is C7H7N7S. The SMILES string of the molecule is N=C(N)c1nccnc1Sc1ncn[nH]1. The number of nitrogens with two attached hydrogens (primary N) is 1. The Morgan fingerprint density at radius 3 is 2.80 bits per heavy atom. The average molecular weight is 221 g/mol. The third-order valence-corrected chi connectivity index (χ3v) is 2.39. The first-order valence-electron chi connectivity index (χ1n) is 3.96. The third kappa shape index (κ3) is 2.10. The molecule has 0 aliphatic rings. The van der Waals surface area contributed by atoms with Crippen molar-refractivity contribution in [3.05, 3.63) is 24.4 Å². The minimum absolute atomic E-state index is 0.120. The fourth-order valence-electron chi connectivity index (χ4n) is 0.920. The zero-order valence-electron chi connectivity index (χ0n) is 7.51. The lowest BCUT2D eigenvalue weighted by atomic mass is 10.4. The molecule has 0 aliphatic heterocycles. The molecule has 0 bridgehead atoms. The molecule has 0 saturated carbocycles. The second kappa shape index (κ2) is 4.05. The summed E-state index contributed by atoms with van der Waals surface area (Å²) in [6.07, 6.45) is 4.42. The maximum absolute atomic E-state index is 7.32. The van der Waals surface area contributed by atoms with Crippen LogP contribution in [0.1, 0.15) is 5.69 Å². The lowest BCUT2D eigenvalue weighted by Crippen LogP contribution is -2.15. The van der Waals surface area contributed by atoms with E-state index in [-0.39, 0.29) is 5.84 Å². The molecule has 8 heteroatoms. The van der Waals surface area contributed by atoms with Gasteiger partial charge in [-0.25, -0.2) is 15.0 Å². The van der Waals surface area contributed by atoms with Crippen LogP contribution in [-0.4, -0.2) is 31.0 Å². The van der Waals surface area contributed by atoms with Gasteiger partial charge in [0.1, 0.15) is 22.9 Å². The van der Waals surface area contributed by atoms with Crippen LogP contribution in [0.4, 0.5) is 0 Å². The van der Waals surface area contributed by atoms with Gasteiger partial charge in [-0.05, 0) is 11.8 Å². The molecule has 0 amide bonds. The quantitative estimate of drug-likeness (QED) is 0.497. The molecule has 0 aromatic carbocycles. The van der Waals surface area contributed by atoms with Gasteiger partial charge in [0.2, 0.25) is 0 Å². The Kier molecular flexibility index (Phi) is 2.59. The van der Waals surface area contributed by atoms with E-state index in [2.05, 4.69) is 25.1 Å². The third-order valence-electron chi connectivity index (χ3n) is 1.51. The van der Waals surface area contributed by atoms with E-state index in [0.29, 0.717) is 15.9 Å². The van der Waals surface area contributed by atoms with E-state index in [1.54, 1.807) is 0 Å². The van der Waals surface area contributed by atoms with E-state index in [9.17, 15) is 0 Å². The number of hydrogen-bond acceptors (Lipinski definition) is 6. The lowest BCUT2D eigenvalue weighted by molar-refractivity contribution is 0.958. The van der Waals surface area contributed by atoms with Crippen LogP contribution in [0.2, 0.25) is 0 Å². The molecule has 0 atom stereocenters. The Morgan fingerprint density at radius 2 is 2.13 bits per heavy atom. The van der Waals surface area contributed by atoms with Crippen molar-refractivity contribution in [3.8, 4) is 0 Å². The van der Waals surface area contributed by atoms with Crippen molar-refractivity contribution in [1.29, 1.82) is 5.41 Å². The highest BCUT2D eigenvalue weighted by molar-refractivity contribution is 7.99. The van der Waals surface area contributed by atoms with Crippen LogP contribution >= 0.6 is 11.8 Å². The molecule has 2 rings (SSSR count). The molecule has 76 valence electrons. The molecule has 2 aromatic rings. The van der Waals surface area contributed by atoms with E-state index >= 15 is 0 Å². The topological polar surface area (TPSA) is 117 Å². The van der Waals surface area contributed by atoms with Gasteiger partial charge in [0, 0.05) is 12.4 Å². The van der Waals surface area contributed by atoms with Gasteiger partial charge in [-0.2, -0.15) is 5.10 Å². The van der Waals surface area contributed by atoms with Crippen LogP contribution in [0.3, 0.4) is 0 Å². The Hall–Kier alpha value is -1.96. The van der Waals surface area contributed by atoms with E-state index in [1.165, 1.54) is 30.5 Å². The van der Waals surface area contributed by atoms with Crippen LogP contribution in [0, 0.1) is 5.41 Å². The second-order valence-electron chi connectivity index (χ2n) is 2.52. The molecular weight excluding hydrogens is 214 g/mol. The number of nitrogens with one attached hydrogen (secondary N) is 2. The van der Waals surface area contributed by atoms with E-state index in [0.717, 1.165) is 0 Å².